The first-order valence-electron chi connectivity index (χ1n) is 0. The second-order valence-corrected chi connectivity index (χ2v) is 0. The second-order valence-electron chi connectivity index (χ2n) is 0. The quantitative estimate of drug-likeness (QED) is 0.466. The zero-order valence-corrected chi connectivity index (χ0v) is 7.69. The van der Waals surface area contributed by atoms with E-state index in [1.165, 1.54) is 0 Å². The summed E-state index contributed by atoms with van der Waals surface area (Å²) in [6.07, 6.45) is 0. The SMILES string of the molecule is Cl.Cl.O.[SnH2]. The van der Waals surface area contributed by atoms with Gasteiger partial charge in [-0.05, 0) is 0 Å². The van der Waals surface area contributed by atoms with Gasteiger partial charge in [0.25, 0.3) is 0 Å². The maximum absolute atomic E-state index is 0. The summed E-state index contributed by atoms with van der Waals surface area (Å²) in [7, 11) is 0. The summed E-state index contributed by atoms with van der Waals surface area (Å²) in [4.78, 5) is 0. The van der Waals surface area contributed by atoms with Crippen molar-refractivity contribution in [3.8, 4) is 0 Å². The predicted molar refractivity (Wildman–Crippen MR) is 26.7 cm³/mol. The molecule has 0 aliphatic heterocycles. The third kappa shape index (κ3) is 10.2. The monoisotopic (exact) mass is 212 g/mol. The third-order valence-corrected chi connectivity index (χ3v) is 0. The van der Waals surface area contributed by atoms with Gasteiger partial charge in [0.05, 0.1) is 0 Å². The molecule has 0 amide bonds. The number of hydrogen-bond acceptors (Lipinski definition) is 0. The molecule has 4 heteroatoms. The minimum absolute atomic E-state index is 0. The molecule has 4 heavy (non-hydrogen) atoms. The summed E-state index contributed by atoms with van der Waals surface area (Å²) in [6.45, 7) is 0. The third-order valence-electron chi connectivity index (χ3n) is 0. The first-order chi connectivity index (χ1) is 0. The van der Waals surface area contributed by atoms with Crippen molar-refractivity contribution in [2.45, 2.75) is 0 Å². The Morgan fingerprint density at radius 2 is 0.750 bits per heavy atom. The fraction of sp³-hybridized carbons (Fsp3) is 0. The van der Waals surface area contributed by atoms with E-state index in [0.29, 0.717) is 0 Å². The molecule has 0 aromatic rings. The Bertz CT molecular complexity index is 6.00. The van der Waals surface area contributed by atoms with E-state index >= 15 is 0 Å². The Hall–Kier alpha value is 1.34. The molecule has 0 aliphatic rings. The molecule has 0 bridgehead atoms. The van der Waals surface area contributed by atoms with Crippen LogP contribution in [0.2, 0.25) is 0 Å². The van der Waals surface area contributed by atoms with Crippen LogP contribution in [-0.2, 0) is 0 Å². The maximum atomic E-state index is 0. The van der Waals surface area contributed by atoms with E-state index in [4.69, 9.17) is 0 Å². The van der Waals surface area contributed by atoms with Crippen molar-refractivity contribution < 1.29 is 5.48 Å². The van der Waals surface area contributed by atoms with Crippen molar-refractivity contribution in [1.29, 1.82) is 0 Å². The van der Waals surface area contributed by atoms with E-state index in [1.54, 1.807) is 0 Å². The van der Waals surface area contributed by atoms with Crippen LogP contribution in [0.15, 0.2) is 0 Å². The molecule has 0 spiro atoms. The Labute approximate surface area is 54.2 Å². The van der Waals surface area contributed by atoms with Gasteiger partial charge in [0, 0.05) is 0 Å². The average molecular weight is 212 g/mol. The predicted octanol–water partition coefficient (Wildman–Crippen LogP) is -0.897. The molecule has 0 fully saturated rings. The Kier molecular flexibility index (Phi) is 378. The second kappa shape index (κ2) is 27.0. The Morgan fingerprint density at radius 1 is 0.750 bits per heavy atom. The van der Waals surface area contributed by atoms with Gasteiger partial charge in [0.15, 0.2) is 0 Å². The molecule has 0 saturated carbocycles. The van der Waals surface area contributed by atoms with Crippen LogP contribution in [-0.4, -0.2) is 29.4 Å². The van der Waals surface area contributed by atoms with Crippen molar-refractivity contribution in [3.63, 3.8) is 0 Å². The van der Waals surface area contributed by atoms with Crippen LogP contribution in [0.1, 0.15) is 0 Å². The minimum atomic E-state index is 0. The van der Waals surface area contributed by atoms with Crippen molar-refractivity contribution in [3.05, 3.63) is 0 Å². The van der Waals surface area contributed by atoms with Crippen LogP contribution in [0.5, 0.6) is 0 Å². The van der Waals surface area contributed by atoms with Gasteiger partial charge in [0.2, 0.25) is 0 Å². The van der Waals surface area contributed by atoms with Crippen molar-refractivity contribution in [1.82, 2.24) is 0 Å². The van der Waals surface area contributed by atoms with Gasteiger partial charge in [-0.15, -0.1) is 24.8 Å². The number of rotatable bonds is 0. The molecule has 2 N–H and O–H groups in total. The summed E-state index contributed by atoms with van der Waals surface area (Å²) in [5.74, 6) is 0. The summed E-state index contributed by atoms with van der Waals surface area (Å²) >= 11 is 0. The molecule has 1 nitrogen and oxygen atoms in total. The fourth-order valence-electron chi connectivity index (χ4n) is 0. The van der Waals surface area contributed by atoms with Crippen molar-refractivity contribution in [2.24, 2.45) is 0 Å². The Morgan fingerprint density at radius 3 is 0.750 bits per heavy atom. The van der Waals surface area contributed by atoms with Crippen LogP contribution in [0.4, 0.5) is 0 Å². The van der Waals surface area contributed by atoms with Crippen LogP contribution in [0, 0.1) is 0 Å². The van der Waals surface area contributed by atoms with Gasteiger partial charge in [-0.25, -0.2) is 0 Å². The van der Waals surface area contributed by atoms with Crippen LogP contribution >= 0.6 is 24.8 Å². The Balaban J connectivity index is 0. The zero-order valence-electron chi connectivity index (χ0n) is 2.02. The first-order valence-corrected chi connectivity index (χ1v) is 0. The average Bonchev–Trinajstić information content (AvgIpc) is 0. The summed E-state index contributed by atoms with van der Waals surface area (Å²) in [5.41, 5.74) is 0. The summed E-state index contributed by atoms with van der Waals surface area (Å²) in [5, 5.41) is 0. The normalized spacial score (nSPS) is 0. The molecule has 0 aromatic heterocycles. The van der Waals surface area contributed by atoms with Crippen molar-refractivity contribution in [2.75, 3.05) is 0 Å². The number of halogens is 2. The molecule has 0 saturated heterocycles. The zero-order chi connectivity index (χ0) is 0. The van der Waals surface area contributed by atoms with E-state index in [1.807, 2.05) is 0 Å². The molecule has 0 heterocycles. The van der Waals surface area contributed by atoms with E-state index in [2.05, 4.69) is 0 Å². The molecule has 0 atom stereocenters. The first kappa shape index (κ1) is 56.1. The van der Waals surface area contributed by atoms with Gasteiger partial charge in [-0.2, -0.15) is 0 Å². The number of hydrogen-bond donors (Lipinski definition) is 0. The van der Waals surface area contributed by atoms with Crippen LogP contribution < -0.4 is 0 Å². The fourth-order valence-corrected chi connectivity index (χ4v) is 0. The topological polar surface area (TPSA) is 31.5 Å². The summed E-state index contributed by atoms with van der Waals surface area (Å²) in [6, 6.07) is 0. The molecule has 2 radical (unpaired) electrons. The molecule has 0 aliphatic carbocycles. The van der Waals surface area contributed by atoms with Gasteiger partial charge >= 0.3 is 23.9 Å². The van der Waals surface area contributed by atoms with Gasteiger partial charge in [0.1, 0.15) is 0 Å². The van der Waals surface area contributed by atoms with Gasteiger partial charge < -0.3 is 5.48 Å². The molecule has 0 unspecified atom stereocenters. The van der Waals surface area contributed by atoms with Crippen LogP contribution in [0.25, 0.3) is 0 Å². The van der Waals surface area contributed by atoms with Crippen molar-refractivity contribution >= 4 is 48.7 Å². The standard InChI is InChI=1S/2ClH.H2O.Sn.2H/h2*1H;1H2;;;. The molecular weight excluding hydrogens is 206 g/mol. The van der Waals surface area contributed by atoms with Crippen LogP contribution in [0.3, 0.4) is 0 Å². The van der Waals surface area contributed by atoms with E-state index in [9.17, 15) is 0 Å². The molecule has 30 valence electrons. The van der Waals surface area contributed by atoms with E-state index in [0.717, 1.165) is 0 Å². The van der Waals surface area contributed by atoms with E-state index in [-0.39, 0.29) is 54.2 Å². The van der Waals surface area contributed by atoms with E-state index < -0.39 is 0 Å². The molecular formula is H6Cl2OSn. The van der Waals surface area contributed by atoms with Gasteiger partial charge in [-0.3, -0.25) is 0 Å². The summed E-state index contributed by atoms with van der Waals surface area (Å²) < 4.78 is 0. The molecule has 0 aromatic carbocycles. The van der Waals surface area contributed by atoms with Gasteiger partial charge in [-0.1, -0.05) is 0 Å². The molecule has 0 rings (SSSR count).